The monoisotopic (exact) mass is 388 g/mol. The summed E-state index contributed by atoms with van der Waals surface area (Å²) in [5.74, 6) is 0.846. The Bertz CT molecular complexity index is 913. The van der Waals surface area contributed by atoms with Crippen molar-refractivity contribution in [3.63, 3.8) is 0 Å². The molecule has 0 bridgehead atoms. The van der Waals surface area contributed by atoms with E-state index in [0.29, 0.717) is 34.4 Å². The van der Waals surface area contributed by atoms with Gasteiger partial charge >= 0.3 is 0 Å². The van der Waals surface area contributed by atoms with Gasteiger partial charge in [-0.15, -0.1) is 11.3 Å². The van der Waals surface area contributed by atoms with Crippen LogP contribution < -0.4 is 14.8 Å². The fraction of sp³-hybridized carbons (Fsp3) is 0.158. The molecule has 0 saturated heterocycles. The average Bonchev–Trinajstić information content (AvgIpc) is 3.16. The minimum atomic E-state index is -0.260. The molecule has 7 heteroatoms. The second-order valence-electron chi connectivity index (χ2n) is 5.55. The zero-order chi connectivity index (χ0) is 18.5. The number of hydrogen-bond acceptors (Lipinski definition) is 5. The number of nitrogens with zero attached hydrogens (tertiary/aromatic N) is 1. The van der Waals surface area contributed by atoms with E-state index in [2.05, 4.69) is 10.3 Å². The number of aromatic nitrogens is 1. The molecule has 1 amide bonds. The number of anilines is 1. The van der Waals surface area contributed by atoms with Gasteiger partial charge in [-0.2, -0.15) is 0 Å². The van der Waals surface area contributed by atoms with Crippen molar-refractivity contribution in [3.8, 4) is 11.5 Å². The summed E-state index contributed by atoms with van der Waals surface area (Å²) in [5.41, 5.74) is 4.50. The van der Waals surface area contributed by atoms with Gasteiger partial charge in [0.2, 0.25) is 0 Å². The number of carbonyl (C=O) groups is 1. The summed E-state index contributed by atoms with van der Waals surface area (Å²) in [6.45, 7) is 2.23. The highest BCUT2D eigenvalue weighted by atomic mass is 35.5. The fourth-order valence-electron chi connectivity index (χ4n) is 2.32. The highest BCUT2D eigenvalue weighted by Crippen LogP contribution is 2.31. The van der Waals surface area contributed by atoms with Gasteiger partial charge in [0.25, 0.3) is 5.91 Å². The molecular formula is C19H17ClN2O3S. The zero-order valence-electron chi connectivity index (χ0n) is 14.3. The Morgan fingerprint density at radius 2 is 2.15 bits per heavy atom. The molecule has 1 heterocycles. The Balaban J connectivity index is 1.74. The maximum atomic E-state index is 12.6. The second kappa shape index (κ2) is 8.21. The van der Waals surface area contributed by atoms with Crippen LogP contribution in [0.1, 0.15) is 21.6 Å². The number of rotatable bonds is 6. The van der Waals surface area contributed by atoms with Crippen LogP contribution in [-0.2, 0) is 6.61 Å². The Hall–Kier alpha value is -2.57. The molecule has 0 aliphatic heterocycles. The molecule has 1 N–H and O–H groups in total. The lowest BCUT2D eigenvalue weighted by atomic mass is 10.1. The molecule has 0 atom stereocenters. The lowest BCUT2D eigenvalue weighted by molar-refractivity contribution is 0.102. The summed E-state index contributed by atoms with van der Waals surface area (Å²) in [6.07, 6.45) is 0. The first-order valence-electron chi connectivity index (χ1n) is 7.82. The van der Waals surface area contributed by atoms with Crippen molar-refractivity contribution in [1.82, 2.24) is 4.98 Å². The molecule has 0 spiro atoms. The molecule has 0 aliphatic rings. The van der Waals surface area contributed by atoms with Crippen LogP contribution in [0.25, 0.3) is 0 Å². The molecule has 134 valence electrons. The van der Waals surface area contributed by atoms with Gasteiger partial charge in [0.05, 0.1) is 24.0 Å². The lowest BCUT2D eigenvalue weighted by Crippen LogP contribution is -2.13. The van der Waals surface area contributed by atoms with Gasteiger partial charge in [0, 0.05) is 22.0 Å². The van der Waals surface area contributed by atoms with Crippen molar-refractivity contribution < 1.29 is 14.3 Å². The van der Waals surface area contributed by atoms with Gasteiger partial charge in [0.15, 0.2) is 0 Å². The molecule has 3 rings (SSSR count). The van der Waals surface area contributed by atoms with Gasteiger partial charge in [-0.1, -0.05) is 17.7 Å². The van der Waals surface area contributed by atoms with Crippen LogP contribution in [0.2, 0.25) is 5.02 Å². The van der Waals surface area contributed by atoms with E-state index in [1.165, 1.54) is 18.4 Å². The number of ether oxygens (including phenoxy) is 2. The maximum absolute atomic E-state index is 12.6. The van der Waals surface area contributed by atoms with Crippen LogP contribution in [0.5, 0.6) is 11.5 Å². The highest BCUT2D eigenvalue weighted by molar-refractivity contribution is 7.07. The Labute approximate surface area is 160 Å². The van der Waals surface area contributed by atoms with Crippen LogP contribution in [0.15, 0.2) is 47.3 Å². The van der Waals surface area contributed by atoms with E-state index in [4.69, 9.17) is 21.1 Å². The third-order valence-corrected chi connectivity index (χ3v) is 4.74. The van der Waals surface area contributed by atoms with Crippen molar-refractivity contribution in [3.05, 3.63) is 69.1 Å². The molecule has 1 aromatic heterocycles. The van der Waals surface area contributed by atoms with Crippen LogP contribution in [-0.4, -0.2) is 18.0 Å². The van der Waals surface area contributed by atoms with E-state index in [1.54, 1.807) is 41.9 Å². The summed E-state index contributed by atoms with van der Waals surface area (Å²) < 4.78 is 11.0. The first kappa shape index (κ1) is 18.2. The Morgan fingerprint density at radius 3 is 2.88 bits per heavy atom. The number of benzene rings is 2. The van der Waals surface area contributed by atoms with E-state index in [0.717, 1.165) is 11.3 Å². The van der Waals surface area contributed by atoms with E-state index in [1.807, 2.05) is 12.3 Å². The van der Waals surface area contributed by atoms with E-state index in [9.17, 15) is 4.79 Å². The van der Waals surface area contributed by atoms with Crippen LogP contribution in [0, 0.1) is 6.92 Å². The van der Waals surface area contributed by atoms with Crippen molar-refractivity contribution in [2.24, 2.45) is 0 Å². The highest BCUT2D eigenvalue weighted by Gasteiger charge is 2.13. The third kappa shape index (κ3) is 4.33. The Morgan fingerprint density at radius 1 is 1.31 bits per heavy atom. The number of halogens is 1. The molecule has 26 heavy (non-hydrogen) atoms. The molecule has 0 aliphatic carbocycles. The smallest absolute Gasteiger partial charge is 0.255 e. The molecule has 0 saturated carbocycles. The standard InChI is InChI=1S/C19H17ClN2O3S/c1-12-6-17(18(24-2)8-16(12)20)22-19(23)13-4-3-5-15(7-13)25-9-14-10-26-11-21-14/h3-8,10-11H,9H2,1-2H3,(H,22,23). The van der Waals surface area contributed by atoms with Crippen LogP contribution >= 0.6 is 22.9 Å². The molecule has 0 unspecified atom stereocenters. The van der Waals surface area contributed by atoms with Gasteiger partial charge in [-0.3, -0.25) is 4.79 Å². The fourth-order valence-corrected chi connectivity index (χ4v) is 3.01. The second-order valence-corrected chi connectivity index (χ2v) is 6.68. The van der Waals surface area contributed by atoms with Gasteiger partial charge in [-0.05, 0) is 36.8 Å². The number of nitrogens with one attached hydrogen (secondary N) is 1. The first-order chi connectivity index (χ1) is 12.6. The summed E-state index contributed by atoms with van der Waals surface area (Å²) in [6, 6.07) is 10.4. The van der Waals surface area contributed by atoms with Crippen molar-refractivity contribution in [2.45, 2.75) is 13.5 Å². The third-order valence-electron chi connectivity index (χ3n) is 3.70. The normalized spacial score (nSPS) is 10.4. The SMILES string of the molecule is COc1cc(Cl)c(C)cc1NC(=O)c1cccc(OCc2cscn2)c1. The number of aryl methyl sites for hydroxylation is 1. The minimum Gasteiger partial charge on any atom is -0.495 e. The average molecular weight is 389 g/mol. The summed E-state index contributed by atoms with van der Waals surface area (Å²) >= 11 is 7.62. The van der Waals surface area contributed by atoms with E-state index in [-0.39, 0.29) is 5.91 Å². The number of hydrogen-bond donors (Lipinski definition) is 1. The van der Waals surface area contributed by atoms with E-state index < -0.39 is 0 Å². The van der Waals surface area contributed by atoms with Crippen molar-refractivity contribution in [2.75, 3.05) is 12.4 Å². The minimum absolute atomic E-state index is 0.260. The predicted molar refractivity (Wildman–Crippen MR) is 104 cm³/mol. The summed E-state index contributed by atoms with van der Waals surface area (Å²) in [5, 5.41) is 5.36. The van der Waals surface area contributed by atoms with Crippen molar-refractivity contribution in [1.29, 1.82) is 0 Å². The van der Waals surface area contributed by atoms with Crippen LogP contribution in [0.3, 0.4) is 0 Å². The number of thiazole rings is 1. The molecule has 3 aromatic rings. The number of amides is 1. The number of methoxy groups -OCH3 is 1. The summed E-state index contributed by atoms with van der Waals surface area (Å²) in [4.78, 5) is 16.8. The van der Waals surface area contributed by atoms with Crippen molar-refractivity contribution >= 4 is 34.5 Å². The molecule has 2 aromatic carbocycles. The van der Waals surface area contributed by atoms with E-state index >= 15 is 0 Å². The van der Waals surface area contributed by atoms with Gasteiger partial charge in [-0.25, -0.2) is 4.98 Å². The van der Waals surface area contributed by atoms with Gasteiger partial charge < -0.3 is 14.8 Å². The quantitative estimate of drug-likeness (QED) is 0.649. The Kier molecular flexibility index (Phi) is 5.75. The predicted octanol–water partition coefficient (Wildman–Crippen LogP) is 4.94. The largest absolute Gasteiger partial charge is 0.495 e. The summed E-state index contributed by atoms with van der Waals surface area (Å²) in [7, 11) is 1.53. The lowest BCUT2D eigenvalue weighted by Gasteiger charge is -2.13. The number of carbonyl (C=O) groups excluding carboxylic acids is 1. The first-order valence-corrected chi connectivity index (χ1v) is 9.14. The maximum Gasteiger partial charge on any atom is 0.255 e. The van der Waals surface area contributed by atoms with Gasteiger partial charge in [0.1, 0.15) is 18.1 Å². The molecular weight excluding hydrogens is 372 g/mol. The topological polar surface area (TPSA) is 60.5 Å². The molecule has 0 fully saturated rings. The molecule has 0 radical (unpaired) electrons. The molecule has 5 nitrogen and oxygen atoms in total. The van der Waals surface area contributed by atoms with Crippen LogP contribution in [0.4, 0.5) is 5.69 Å². The zero-order valence-corrected chi connectivity index (χ0v) is 15.9.